The van der Waals surface area contributed by atoms with Gasteiger partial charge in [0, 0.05) is 19.0 Å². The van der Waals surface area contributed by atoms with Crippen LogP contribution in [0.1, 0.15) is 19.0 Å². The molecule has 0 fully saturated rings. The maximum atomic E-state index is 5.97. The smallest absolute Gasteiger partial charge is 0.172 e. The maximum absolute atomic E-state index is 5.97. The number of nitrogens with one attached hydrogen (secondary N) is 1. The van der Waals surface area contributed by atoms with E-state index < -0.39 is 0 Å². The van der Waals surface area contributed by atoms with Crippen LogP contribution in [0.5, 0.6) is 0 Å². The van der Waals surface area contributed by atoms with E-state index in [0.717, 1.165) is 33.8 Å². The molecule has 0 saturated heterocycles. The number of halogens is 2. The Bertz CT molecular complexity index is 591. The fraction of sp³-hybridized carbons (Fsp3) is 0.385. The number of rotatable bonds is 6. The van der Waals surface area contributed by atoms with Crippen molar-refractivity contribution in [3.63, 3.8) is 0 Å². The first-order valence-electron chi connectivity index (χ1n) is 6.19. The quantitative estimate of drug-likeness (QED) is 0.801. The van der Waals surface area contributed by atoms with Crippen molar-refractivity contribution in [3.8, 4) is 10.7 Å². The van der Waals surface area contributed by atoms with E-state index in [1.165, 1.54) is 11.3 Å². The first-order chi connectivity index (χ1) is 9.65. The van der Waals surface area contributed by atoms with Crippen LogP contribution < -0.4 is 5.32 Å². The van der Waals surface area contributed by atoms with Crippen molar-refractivity contribution in [2.75, 3.05) is 19.0 Å². The zero-order chi connectivity index (χ0) is 14.5. The van der Waals surface area contributed by atoms with E-state index in [-0.39, 0.29) is 0 Å². The monoisotopic (exact) mass is 375 g/mol. The van der Waals surface area contributed by atoms with Crippen LogP contribution >= 0.6 is 38.9 Å². The summed E-state index contributed by atoms with van der Waals surface area (Å²) in [5, 5.41) is 5.87. The van der Waals surface area contributed by atoms with Crippen molar-refractivity contribution in [1.29, 1.82) is 0 Å². The molecule has 0 aliphatic rings. The highest BCUT2D eigenvalue weighted by Gasteiger charge is 2.14. The molecule has 2 aromatic rings. The Kier molecular flexibility index (Phi) is 5.77. The van der Waals surface area contributed by atoms with Gasteiger partial charge in [0.05, 0.1) is 26.7 Å². The highest BCUT2D eigenvalue weighted by molar-refractivity contribution is 9.10. The molecule has 0 radical (unpaired) electrons. The summed E-state index contributed by atoms with van der Waals surface area (Å²) in [7, 11) is 1.65. The molecule has 108 valence electrons. The van der Waals surface area contributed by atoms with E-state index in [1.54, 1.807) is 7.11 Å². The second-order valence-electron chi connectivity index (χ2n) is 4.15. The Balaban J connectivity index is 2.43. The van der Waals surface area contributed by atoms with Gasteiger partial charge in [-0.05, 0) is 28.4 Å². The number of methoxy groups -OCH3 is 1. The van der Waals surface area contributed by atoms with E-state index in [4.69, 9.17) is 16.3 Å². The molecule has 2 aromatic heterocycles. The van der Waals surface area contributed by atoms with Gasteiger partial charge in [0.25, 0.3) is 0 Å². The van der Waals surface area contributed by atoms with Crippen LogP contribution in [0.3, 0.4) is 0 Å². The third-order valence-electron chi connectivity index (χ3n) is 2.53. The lowest BCUT2D eigenvalue weighted by molar-refractivity contribution is 0.181. The highest BCUT2D eigenvalue weighted by atomic mass is 79.9. The number of nitrogens with zero attached hydrogens (tertiary/aromatic N) is 2. The number of anilines is 1. The van der Waals surface area contributed by atoms with Gasteiger partial charge in [-0.15, -0.1) is 11.3 Å². The van der Waals surface area contributed by atoms with Crippen LogP contribution in [0.2, 0.25) is 5.02 Å². The van der Waals surface area contributed by atoms with Crippen molar-refractivity contribution >= 4 is 44.7 Å². The lowest BCUT2D eigenvalue weighted by Gasteiger charge is -2.11. The van der Waals surface area contributed by atoms with Gasteiger partial charge in [-0.3, -0.25) is 0 Å². The van der Waals surface area contributed by atoms with Crippen molar-refractivity contribution < 1.29 is 4.74 Å². The lowest BCUT2D eigenvalue weighted by Crippen LogP contribution is -2.07. The highest BCUT2D eigenvalue weighted by Crippen LogP contribution is 2.31. The minimum atomic E-state index is 0.427. The summed E-state index contributed by atoms with van der Waals surface area (Å²) in [6.45, 7) is 3.39. The average molecular weight is 377 g/mol. The molecule has 0 bridgehead atoms. The molecule has 4 nitrogen and oxygen atoms in total. The molecule has 0 unspecified atom stereocenters. The van der Waals surface area contributed by atoms with Gasteiger partial charge in [0.2, 0.25) is 0 Å². The maximum Gasteiger partial charge on any atom is 0.172 e. The van der Waals surface area contributed by atoms with Gasteiger partial charge >= 0.3 is 0 Å². The van der Waals surface area contributed by atoms with E-state index >= 15 is 0 Å². The molecule has 0 amide bonds. The second kappa shape index (κ2) is 7.36. The van der Waals surface area contributed by atoms with Gasteiger partial charge in [-0.1, -0.05) is 18.5 Å². The molecule has 0 spiro atoms. The van der Waals surface area contributed by atoms with E-state index in [0.29, 0.717) is 17.5 Å². The van der Waals surface area contributed by atoms with Crippen molar-refractivity contribution in [3.05, 3.63) is 26.6 Å². The third-order valence-corrected chi connectivity index (χ3v) is 4.64. The molecule has 20 heavy (non-hydrogen) atoms. The summed E-state index contributed by atoms with van der Waals surface area (Å²) in [5.41, 5.74) is 0.820. The van der Waals surface area contributed by atoms with Gasteiger partial charge < -0.3 is 10.1 Å². The van der Waals surface area contributed by atoms with Crippen molar-refractivity contribution in [2.45, 2.75) is 20.0 Å². The summed E-state index contributed by atoms with van der Waals surface area (Å²) >= 11 is 11.0. The average Bonchev–Trinajstić information content (AvgIpc) is 2.86. The minimum absolute atomic E-state index is 0.427. The molecule has 0 aromatic carbocycles. The molecule has 0 saturated carbocycles. The molecular formula is C13H15BrClN3OS. The first kappa shape index (κ1) is 15.7. The summed E-state index contributed by atoms with van der Waals surface area (Å²) < 4.78 is 6.04. The second-order valence-corrected chi connectivity index (χ2v) is 6.29. The van der Waals surface area contributed by atoms with Gasteiger partial charge in [0.1, 0.15) is 5.82 Å². The molecule has 2 heterocycles. The van der Waals surface area contributed by atoms with Crippen molar-refractivity contribution in [1.82, 2.24) is 9.97 Å². The van der Waals surface area contributed by atoms with E-state index in [9.17, 15) is 0 Å². The van der Waals surface area contributed by atoms with Crippen LogP contribution in [-0.4, -0.2) is 23.6 Å². The summed E-state index contributed by atoms with van der Waals surface area (Å²) in [6.07, 6.45) is 1.02. The Morgan fingerprint density at radius 3 is 2.85 bits per heavy atom. The number of hydrogen-bond acceptors (Lipinski definition) is 5. The molecular weight excluding hydrogens is 362 g/mol. The molecule has 7 heteroatoms. The van der Waals surface area contributed by atoms with E-state index in [1.807, 2.05) is 11.4 Å². The Hall–Kier alpha value is -0.690. The first-order valence-corrected chi connectivity index (χ1v) is 8.24. The van der Waals surface area contributed by atoms with Crippen molar-refractivity contribution in [2.24, 2.45) is 0 Å². The number of hydrogen-bond donors (Lipinski definition) is 1. The van der Waals surface area contributed by atoms with Crippen LogP contribution in [0, 0.1) is 0 Å². The SMILES string of the molecule is CCCNc1nc(-c2cc(Cl)cs2)nc(COC)c1Br. The molecule has 0 aliphatic carbocycles. The Labute approximate surface area is 135 Å². The van der Waals surface area contributed by atoms with Crippen LogP contribution in [0.4, 0.5) is 5.82 Å². The topological polar surface area (TPSA) is 47.0 Å². The standard InChI is InChI=1S/C13H15BrClN3OS/c1-3-4-16-13-11(14)9(6-19-2)17-12(18-13)10-5-8(15)7-20-10/h5,7H,3-4,6H2,1-2H3,(H,16,17,18). The summed E-state index contributed by atoms with van der Waals surface area (Å²) in [6, 6.07) is 1.87. The number of aromatic nitrogens is 2. The molecule has 1 N–H and O–H groups in total. The largest absolute Gasteiger partial charge is 0.378 e. The van der Waals surface area contributed by atoms with Gasteiger partial charge in [0.15, 0.2) is 5.82 Å². The summed E-state index contributed by atoms with van der Waals surface area (Å²) in [4.78, 5) is 10.1. The molecule has 0 aliphatic heterocycles. The minimum Gasteiger partial charge on any atom is -0.378 e. The molecule has 2 rings (SSSR count). The zero-order valence-corrected chi connectivity index (χ0v) is 14.4. The van der Waals surface area contributed by atoms with E-state index in [2.05, 4.69) is 38.1 Å². The van der Waals surface area contributed by atoms with Gasteiger partial charge in [-0.25, -0.2) is 9.97 Å². The Morgan fingerprint density at radius 1 is 1.45 bits per heavy atom. The zero-order valence-electron chi connectivity index (χ0n) is 11.2. The van der Waals surface area contributed by atoms with Crippen LogP contribution in [0.15, 0.2) is 15.9 Å². The fourth-order valence-corrected chi connectivity index (χ4v) is 3.07. The predicted molar refractivity (Wildman–Crippen MR) is 87.5 cm³/mol. The predicted octanol–water partition coefficient (Wildman–Crippen LogP) is 4.59. The number of ether oxygens (including phenoxy) is 1. The Morgan fingerprint density at radius 2 is 2.25 bits per heavy atom. The van der Waals surface area contributed by atoms with Crippen LogP contribution in [-0.2, 0) is 11.3 Å². The number of thiophene rings is 1. The van der Waals surface area contributed by atoms with Gasteiger partial charge in [-0.2, -0.15) is 0 Å². The molecule has 0 atom stereocenters. The fourth-order valence-electron chi connectivity index (χ4n) is 1.63. The van der Waals surface area contributed by atoms with Crippen LogP contribution in [0.25, 0.3) is 10.7 Å². The normalized spacial score (nSPS) is 10.8. The third kappa shape index (κ3) is 3.69. The lowest BCUT2D eigenvalue weighted by atomic mass is 10.3. The summed E-state index contributed by atoms with van der Waals surface area (Å²) in [5.74, 6) is 1.45.